The molecule has 0 aliphatic rings. The van der Waals surface area contributed by atoms with E-state index in [-0.39, 0.29) is 0 Å². The van der Waals surface area contributed by atoms with Crippen molar-refractivity contribution in [3.05, 3.63) is 84.0 Å². The minimum atomic E-state index is 0.740. The van der Waals surface area contributed by atoms with E-state index in [1.807, 2.05) is 41.0 Å². The molecule has 0 aliphatic heterocycles. The van der Waals surface area contributed by atoms with Crippen molar-refractivity contribution in [1.82, 2.24) is 9.61 Å². The molecule has 0 amide bonds. The monoisotopic (exact) mass is 328 g/mol. The van der Waals surface area contributed by atoms with Crippen molar-refractivity contribution in [2.75, 3.05) is 0 Å². The van der Waals surface area contributed by atoms with E-state index in [0.29, 0.717) is 0 Å². The number of halogens is 1. The molecule has 24 heavy (non-hydrogen) atoms. The van der Waals surface area contributed by atoms with Crippen molar-refractivity contribution in [2.45, 2.75) is 0 Å². The molecule has 0 radical (unpaired) electrons. The second kappa shape index (κ2) is 5.08. The average Bonchev–Trinajstić information content (AvgIpc) is 2.97. The van der Waals surface area contributed by atoms with Crippen molar-refractivity contribution in [1.29, 1.82) is 0 Å². The molecule has 114 valence electrons. The lowest BCUT2D eigenvalue weighted by molar-refractivity contribution is 0.988. The number of benzene rings is 3. The van der Waals surface area contributed by atoms with Gasteiger partial charge in [0, 0.05) is 26.7 Å². The topological polar surface area (TPSA) is 17.3 Å². The Morgan fingerprint density at radius 3 is 2.46 bits per heavy atom. The van der Waals surface area contributed by atoms with Gasteiger partial charge in [0.2, 0.25) is 0 Å². The number of nitrogens with zero attached hydrogens (tertiary/aromatic N) is 2. The maximum absolute atomic E-state index is 6.26. The number of hydrogen-bond donors (Lipinski definition) is 0. The van der Waals surface area contributed by atoms with Gasteiger partial charge in [0.05, 0.1) is 17.2 Å². The lowest BCUT2D eigenvalue weighted by Crippen LogP contribution is -1.91. The summed E-state index contributed by atoms with van der Waals surface area (Å²) in [5, 5.41) is 8.94. The van der Waals surface area contributed by atoms with E-state index in [9.17, 15) is 0 Å². The van der Waals surface area contributed by atoms with Gasteiger partial charge in [-0.05, 0) is 23.8 Å². The van der Waals surface area contributed by atoms with Crippen molar-refractivity contribution in [3.8, 4) is 11.1 Å². The Hall–Kier alpha value is -2.84. The van der Waals surface area contributed by atoms with E-state index in [1.54, 1.807) is 0 Å². The van der Waals surface area contributed by atoms with Crippen LogP contribution in [-0.2, 0) is 0 Å². The molecule has 2 aromatic heterocycles. The van der Waals surface area contributed by atoms with E-state index in [0.717, 1.165) is 27.0 Å². The average molecular weight is 329 g/mol. The van der Waals surface area contributed by atoms with E-state index < -0.39 is 0 Å². The largest absolute Gasteiger partial charge is 0.232 e. The Morgan fingerprint density at radius 1 is 0.792 bits per heavy atom. The highest BCUT2D eigenvalue weighted by Gasteiger charge is 2.16. The molecule has 0 aliphatic carbocycles. The fraction of sp³-hybridized carbons (Fsp3) is 0. The van der Waals surface area contributed by atoms with Crippen LogP contribution in [0.15, 0.2) is 79.0 Å². The van der Waals surface area contributed by atoms with Crippen LogP contribution in [0.25, 0.3) is 38.3 Å². The SMILES string of the molecule is Clc1cccc(-c2c3ccccc3n3ncc4ccccc4c23)c1. The smallest absolute Gasteiger partial charge is 0.0816 e. The van der Waals surface area contributed by atoms with E-state index >= 15 is 0 Å². The molecule has 3 aromatic carbocycles. The molecular formula is C21H13ClN2. The first-order valence-corrected chi connectivity index (χ1v) is 8.24. The first kappa shape index (κ1) is 13.6. The lowest BCUT2D eigenvalue weighted by atomic mass is 10.0. The molecule has 3 heteroatoms. The summed E-state index contributed by atoms with van der Waals surface area (Å²) in [5.74, 6) is 0. The maximum atomic E-state index is 6.26. The highest BCUT2D eigenvalue weighted by molar-refractivity contribution is 6.31. The van der Waals surface area contributed by atoms with Gasteiger partial charge in [-0.15, -0.1) is 0 Å². The van der Waals surface area contributed by atoms with Crippen LogP contribution in [0.3, 0.4) is 0 Å². The van der Waals surface area contributed by atoms with E-state index in [2.05, 4.69) is 47.6 Å². The fourth-order valence-electron chi connectivity index (χ4n) is 3.47. The molecular weight excluding hydrogens is 316 g/mol. The number of para-hydroxylation sites is 1. The zero-order chi connectivity index (χ0) is 16.1. The molecule has 2 nitrogen and oxygen atoms in total. The van der Waals surface area contributed by atoms with Gasteiger partial charge in [-0.1, -0.05) is 66.2 Å². The quantitative estimate of drug-likeness (QED) is 0.371. The summed E-state index contributed by atoms with van der Waals surface area (Å²) in [6.07, 6.45) is 1.93. The van der Waals surface area contributed by atoms with Gasteiger partial charge in [0.25, 0.3) is 0 Å². The molecule has 5 aromatic rings. The van der Waals surface area contributed by atoms with Gasteiger partial charge in [0.15, 0.2) is 0 Å². The number of rotatable bonds is 1. The summed E-state index contributed by atoms with van der Waals surface area (Å²) in [6, 6.07) is 24.8. The second-order valence-corrected chi connectivity index (χ2v) is 6.33. The second-order valence-electron chi connectivity index (χ2n) is 5.89. The number of aromatic nitrogens is 2. The molecule has 0 atom stereocenters. The molecule has 0 fully saturated rings. The molecule has 0 bridgehead atoms. The standard InChI is InChI=1S/C21H13ClN2/c22-16-8-5-7-14(12-16)20-18-10-3-4-11-19(18)24-21(20)17-9-2-1-6-15(17)13-23-24/h1-13H. The Balaban J connectivity index is 2.08. The summed E-state index contributed by atoms with van der Waals surface area (Å²) in [6.45, 7) is 0. The minimum Gasteiger partial charge on any atom is -0.232 e. The van der Waals surface area contributed by atoms with Crippen LogP contribution in [0.1, 0.15) is 0 Å². The molecule has 0 spiro atoms. The van der Waals surface area contributed by atoms with Crippen molar-refractivity contribution in [2.24, 2.45) is 0 Å². The predicted octanol–water partition coefficient (Wildman–Crippen LogP) is 5.96. The van der Waals surface area contributed by atoms with Crippen LogP contribution in [0.4, 0.5) is 0 Å². The predicted molar refractivity (Wildman–Crippen MR) is 101 cm³/mol. The third-order valence-corrected chi connectivity index (χ3v) is 4.73. The van der Waals surface area contributed by atoms with Crippen LogP contribution in [-0.4, -0.2) is 9.61 Å². The fourth-order valence-corrected chi connectivity index (χ4v) is 3.66. The van der Waals surface area contributed by atoms with Gasteiger partial charge in [-0.3, -0.25) is 0 Å². The van der Waals surface area contributed by atoms with Crippen LogP contribution in [0.5, 0.6) is 0 Å². The highest BCUT2D eigenvalue weighted by Crippen LogP contribution is 2.38. The van der Waals surface area contributed by atoms with Gasteiger partial charge in [0.1, 0.15) is 0 Å². The molecule has 0 saturated carbocycles. The zero-order valence-corrected chi connectivity index (χ0v) is 13.5. The number of hydrogen-bond acceptors (Lipinski definition) is 1. The Kier molecular flexibility index (Phi) is 2.88. The Labute approximate surface area is 143 Å². The van der Waals surface area contributed by atoms with Crippen LogP contribution in [0.2, 0.25) is 5.02 Å². The van der Waals surface area contributed by atoms with Crippen LogP contribution in [0, 0.1) is 0 Å². The molecule has 0 saturated heterocycles. The van der Waals surface area contributed by atoms with Crippen molar-refractivity contribution < 1.29 is 0 Å². The molecule has 5 rings (SSSR count). The zero-order valence-electron chi connectivity index (χ0n) is 12.8. The van der Waals surface area contributed by atoms with Crippen LogP contribution >= 0.6 is 11.6 Å². The van der Waals surface area contributed by atoms with Gasteiger partial charge >= 0.3 is 0 Å². The Bertz CT molecular complexity index is 1220. The van der Waals surface area contributed by atoms with E-state index in [1.165, 1.54) is 16.3 Å². The van der Waals surface area contributed by atoms with Crippen LogP contribution < -0.4 is 0 Å². The molecule has 0 unspecified atom stereocenters. The van der Waals surface area contributed by atoms with Crippen molar-refractivity contribution >= 4 is 38.8 Å². The molecule has 2 heterocycles. The first-order valence-electron chi connectivity index (χ1n) is 7.86. The maximum Gasteiger partial charge on any atom is 0.0816 e. The first-order chi connectivity index (χ1) is 11.8. The normalized spacial score (nSPS) is 11.5. The van der Waals surface area contributed by atoms with Gasteiger partial charge < -0.3 is 0 Å². The van der Waals surface area contributed by atoms with Gasteiger partial charge in [-0.25, -0.2) is 4.52 Å². The molecule has 0 N–H and O–H groups in total. The van der Waals surface area contributed by atoms with Crippen molar-refractivity contribution in [3.63, 3.8) is 0 Å². The summed E-state index contributed by atoms with van der Waals surface area (Å²) in [4.78, 5) is 0. The lowest BCUT2D eigenvalue weighted by Gasteiger charge is -2.05. The third kappa shape index (κ3) is 1.87. The van der Waals surface area contributed by atoms with E-state index in [4.69, 9.17) is 11.6 Å². The summed E-state index contributed by atoms with van der Waals surface area (Å²) >= 11 is 6.26. The highest BCUT2D eigenvalue weighted by atomic mass is 35.5. The summed E-state index contributed by atoms with van der Waals surface area (Å²) < 4.78 is 2.04. The third-order valence-electron chi connectivity index (χ3n) is 4.49. The summed E-state index contributed by atoms with van der Waals surface area (Å²) in [5.41, 5.74) is 4.52. The number of fused-ring (bicyclic) bond motifs is 5. The minimum absolute atomic E-state index is 0.740. The van der Waals surface area contributed by atoms with Gasteiger partial charge in [-0.2, -0.15) is 5.10 Å². The Morgan fingerprint density at radius 2 is 1.58 bits per heavy atom. The summed E-state index contributed by atoms with van der Waals surface area (Å²) in [7, 11) is 0.